The highest BCUT2D eigenvalue weighted by Crippen LogP contribution is 2.16. The minimum atomic E-state index is -0.243. The van der Waals surface area contributed by atoms with Gasteiger partial charge in [-0.3, -0.25) is 9.20 Å². The first-order chi connectivity index (χ1) is 9.72. The molecule has 20 heavy (non-hydrogen) atoms. The standard InChI is InChI=1S/C15H15N3OS/c16-14(11-4-2-1-3-5-11)9-13(19)8-12-10-18-6-7-20-15(18)17-12/h1-7,10,14H,8-9,16H2. The molecule has 0 amide bonds. The average molecular weight is 285 g/mol. The molecule has 2 N–H and O–H groups in total. The Morgan fingerprint density at radius 3 is 2.90 bits per heavy atom. The Bertz CT molecular complexity index is 688. The van der Waals surface area contributed by atoms with Crippen LogP contribution in [0.3, 0.4) is 0 Å². The fourth-order valence-corrected chi connectivity index (χ4v) is 2.92. The Morgan fingerprint density at radius 2 is 2.15 bits per heavy atom. The van der Waals surface area contributed by atoms with E-state index in [1.807, 2.05) is 52.5 Å². The second-order valence-electron chi connectivity index (χ2n) is 4.76. The van der Waals surface area contributed by atoms with Gasteiger partial charge in [-0.15, -0.1) is 11.3 Å². The summed E-state index contributed by atoms with van der Waals surface area (Å²) in [5.41, 5.74) is 7.86. The van der Waals surface area contributed by atoms with Gasteiger partial charge >= 0.3 is 0 Å². The van der Waals surface area contributed by atoms with Crippen LogP contribution in [-0.2, 0) is 11.2 Å². The number of Topliss-reactive ketones (excluding diaryl/α,β-unsaturated/α-hetero) is 1. The molecule has 0 aliphatic heterocycles. The predicted molar refractivity (Wildman–Crippen MR) is 79.8 cm³/mol. The predicted octanol–water partition coefficient (Wildman–Crippen LogP) is 2.60. The number of fused-ring (bicyclic) bond motifs is 1. The number of nitrogens with two attached hydrogens (primary N) is 1. The van der Waals surface area contributed by atoms with Crippen LogP contribution in [0.5, 0.6) is 0 Å². The van der Waals surface area contributed by atoms with Gasteiger partial charge in [-0.25, -0.2) is 4.98 Å². The van der Waals surface area contributed by atoms with Crippen molar-refractivity contribution >= 4 is 22.1 Å². The molecule has 0 spiro atoms. The van der Waals surface area contributed by atoms with Crippen molar-refractivity contribution < 1.29 is 4.79 Å². The van der Waals surface area contributed by atoms with Gasteiger partial charge in [0, 0.05) is 30.2 Å². The lowest BCUT2D eigenvalue weighted by Crippen LogP contribution is -2.16. The van der Waals surface area contributed by atoms with Gasteiger partial charge in [-0.2, -0.15) is 0 Å². The van der Waals surface area contributed by atoms with Crippen molar-refractivity contribution in [2.45, 2.75) is 18.9 Å². The first kappa shape index (κ1) is 13.0. The molecular formula is C15H15N3OS. The molecule has 2 heterocycles. The van der Waals surface area contributed by atoms with E-state index in [-0.39, 0.29) is 11.8 Å². The van der Waals surface area contributed by atoms with Gasteiger partial charge in [-0.05, 0) is 5.56 Å². The van der Waals surface area contributed by atoms with Crippen LogP contribution in [0.2, 0.25) is 0 Å². The molecule has 102 valence electrons. The van der Waals surface area contributed by atoms with E-state index in [1.165, 1.54) is 0 Å². The van der Waals surface area contributed by atoms with Gasteiger partial charge in [0.05, 0.1) is 12.1 Å². The summed E-state index contributed by atoms with van der Waals surface area (Å²) < 4.78 is 1.93. The number of imidazole rings is 1. The number of carbonyl (C=O) groups excluding carboxylic acids is 1. The van der Waals surface area contributed by atoms with E-state index in [0.29, 0.717) is 12.8 Å². The molecule has 3 aromatic rings. The third kappa shape index (κ3) is 2.79. The molecule has 5 heteroatoms. The zero-order valence-electron chi connectivity index (χ0n) is 10.9. The van der Waals surface area contributed by atoms with Crippen molar-refractivity contribution in [1.29, 1.82) is 0 Å². The molecule has 0 fully saturated rings. The minimum Gasteiger partial charge on any atom is -0.324 e. The number of hydrogen-bond acceptors (Lipinski definition) is 4. The molecule has 0 aliphatic carbocycles. The summed E-state index contributed by atoms with van der Waals surface area (Å²) in [4.78, 5) is 17.4. The maximum absolute atomic E-state index is 12.1. The second-order valence-corrected chi connectivity index (χ2v) is 5.63. The van der Waals surface area contributed by atoms with Crippen LogP contribution in [0.25, 0.3) is 4.96 Å². The fraction of sp³-hybridized carbons (Fsp3) is 0.200. The average Bonchev–Trinajstić information content (AvgIpc) is 3.00. The monoisotopic (exact) mass is 285 g/mol. The molecule has 0 saturated heterocycles. The molecule has 1 atom stereocenters. The summed E-state index contributed by atoms with van der Waals surface area (Å²) in [7, 11) is 0. The van der Waals surface area contributed by atoms with Crippen molar-refractivity contribution in [3.8, 4) is 0 Å². The quantitative estimate of drug-likeness (QED) is 0.784. The van der Waals surface area contributed by atoms with Crippen LogP contribution in [0.15, 0.2) is 48.1 Å². The highest BCUT2D eigenvalue weighted by molar-refractivity contribution is 7.15. The second kappa shape index (κ2) is 5.56. The molecule has 0 bridgehead atoms. The van der Waals surface area contributed by atoms with E-state index >= 15 is 0 Å². The van der Waals surface area contributed by atoms with E-state index in [2.05, 4.69) is 4.98 Å². The molecular weight excluding hydrogens is 270 g/mol. The van der Waals surface area contributed by atoms with E-state index in [1.54, 1.807) is 11.3 Å². The third-order valence-electron chi connectivity index (χ3n) is 3.20. The number of thiazole rings is 1. The molecule has 2 aromatic heterocycles. The van der Waals surface area contributed by atoms with Gasteiger partial charge in [0.15, 0.2) is 4.96 Å². The van der Waals surface area contributed by atoms with Crippen LogP contribution in [0.4, 0.5) is 0 Å². The Kier molecular flexibility index (Phi) is 3.62. The zero-order valence-corrected chi connectivity index (χ0v) is 11.7. The van der Waals surface area contributed by atoms with Crippen molar-refractivity contribution in [1.82, 2.24) is 9.38 Å². The summed E-state index contributed by atoms with van der Waals surface area (Å²) in [6.07, 6.45) is 4.53. The number of aromatic nitrogens is 2. The van der Waals surface area contributed by atoms with Crippen molar-refractivity contribution in [2.24, 2.45) is 5.73 Å². The first-order valence-electron chi connectivity index (χ1n) is 6.45. The van der Waals surface area contributed by atoms with Gasteiger partial charge in [0.25, 0.3) is 0 Å². The number of rotatable bonds is 5. The Hall–Kier alpha value is -1.98. The molecule has 0 aliphatic rings. The first-order valence-corrected chi connectivity index (χ1v) is 7.33. The van der Waals surface area contributed by atoms with E-state index in [0.717, 1.165) is 16.2 Å². The third-order valence-corrected chi connectivity index (χ3v) is 3.97. The Labute approximate surface area is 120 Å². The lowest BCUT2D eigenvalue weighted by Gasteiger charge is -2.10. The van der Waals surface area contributed by atoms with Gasteiger partial charge in [0.1, 0.15) is 5.78 Å². The molecule has 1 unspecified atom stereocenters. The van der Waals surface area contributed by atoms with Crippen molar-refractivity contribution in [3.63, 3.8) is 0 Å². The lowest BCUT2D eigenvalue weighted by atomic mass is 10.0. The SMILES string of the molecule is NC(CC(=O)Cc1cn2ccsc2n1)c1ccccc1. The number of benzene rings is 1. The normalized spacial score (nSPS) is 12.7. The van der Waals surface area contributed by atoms with Crippen LogP contribution in [-0.4, -0.2) is 15.2 Å². The van der Waals surface area contributed by atoms with Gasteiger partial charge in [-0.1, -0.05) is 30.3 Å². The topological polar surface area (TPSA) is 60.4 Å². The molecule has 0 radical (unpaired) electrons. The van der Waals surface area contributed by atoms with Gasteiger partial charge in [0.2, 0.25) is 0 Å². The Morgan fingerprint density at radius 1 is 1.35 bits per heavy atom. The number of nitrogens with zero attached hydrogens (tertiary/aromatic N) is 2. The molecule has 4 nitrogen and oxygen atoms in total. The summed E-state index contributed by atoms with van der Waals surface area (Å²) in [6.45, 7) is 0. The molecule has 0 saturated carbocycles. The lowest BCUT2D eigenvalue weighted by molar-refractivity contribution is -0.118. The fourth-order valence-electron chi connectivity index (χ4n) is 2.20. The highest BCUT2D eigenvalue weighted by atomic mass is 32.1. The summed E-state index contributed by atoms with van der Waals surface area (Å²) in [6, 6.07) is 9.46. The zero-order chi connectivity index (χ0) is 13.9. The molecule has 1 aromatic carbocycles. The summed E-state index contributed by atoms with van der Waals surface area (Å²) in [5, 5.41) is 1.97. The van der Waals surface area contributed by atoms with Crippen molar-refractivity contribution in [3.05, 3.63) is 59.4 Å². The largest absolute Gasteiger partial charge is 0.324 e. The number of carbonyl (C=O) groups is 1. The summed E-state index contributed by atoms with van der Waals surface area (Å²) in [5.74, 6) is 0.118. The minimum absolute atomic E-state index is 0.118. The van der Waals surface area contributed by atoms with E-state index in [4.69, 9.17) is 5.73 Å². The van der Waals surface area contributed by atoms with Crippen LogP contribution >= 0.6 is 11.3 Å². The van der Waals surface area contributed by atoms with Crippen LogP contribution in [0, 0.1) is 0 Å². The van der Waals surface area contributed by atoms with E-state index < -0.39 is 0 Å². The van der Waals surface area contributed by atoms with Crippen LogP contribution < -0.4 is 5.73 Å². The highest BCUT2D eigenvalue weighted by Gasteiger charge is 2.13. The van der Waals surface area contributed by atoms with Gasteiger partial charge < -0.3 is 5.73 Å². The Balaban J connectivity index is 1.63. The maximum Gasteiger partial charge on any atom is 0.193 e. The maximum atomic E-state index is 12.1. The van der Waals surface area contributed by atoms with E-state index in [9.17, 15) is 4.79 Å². The molecule has 3 rings (SSSR count). The van der Waals surface area contributed by atoms with Crippen molar-refractivity contribution in [2.75, 3.05) is 0 Å². The summed E-state index contributed by atoms with van der Waals surface area (Å²) >= 11 is 1.56. The number of ketones is 1. The smallest absolute Gasteiger partial charge is 0.193 e. The van der Waals surface area contributed by atoms with Crippen LogP contribution in [0.1, 0.15) is 23.7 Å². The number of hydrogen-bond donors (Lipinski definition) is 1.